The quantitative estimate of drug-likeness (QED) is 0.605. The summed E-state index contributed by atoms with van der Waals surface area (Å²) in [5.41, 5.74) is 0. The number of hydrogen-bond donors (Lipinski definition) is 2. The average molecular weight is 185 g/mol. The minimum absolute atomic E-state index is 1.21. The molecule has 0 heterocycles. The first-order valence-electron chi connectivity index (χ1n) is 3.12. The highest BCUT2D eigenvalue weighted by Gasteiger charge is 1.84. The molecule has 5 nitrogen and oxygen atoms in total. The van der Waals surface area contributed by atoms with Gasteiger partial charge in [-0.05, 0) is 27.1 Å². The van der Waals surface area contributed by atoms with Crippen LogP contribution in [0.5, 0.6) is 0 Å². The van der Waals surface area contributed by atoms with Crippen LogP contribution in [0.1, 0.15) is 13.3 Å². The van der Waals surface area contributed by atoms with E-state index >= 15 is 0 Å². The van der Waals surface area contributed by atoms with Gasteiger partial charge in [-0.3, -0.25) is 9.11 Å². The van der Waals surface area contributed by atoms with Crippen molar-refractivity contribution in [1.82, 2.24) is 4.90 Å². The van der Waals surface area contributed by atoms with E-state index in [0.717, 1.165) is 0 Å². The average Bonchev–Trinajstić information content (AvgIpc) is 1.58. The monoisotopic (exact) mass is 185 g/mol. The second kappa shape index (κ2) is 6.53. The fourth-order valence-electron chi connectivity index (χ4n) is 0.447. The third-order valence-corrected chi connectivity index (χ3v) is 0.671. The molecule has 0 aliphatic rings. The van der Waals surface area contributed by atoms with Gasteiger partial charge in [0.25, 0.3) is 0 Å². The molecule has 0 aromatic rings. The molecule has 2 N–H and O–H groups in total. The molecule has 70 valence electrons. The number of hydrogen-bond acceptors (Lipinski definition) is 3. The van der Waals surface area contributed by atoms with Crippen LogP contribution in [0.15, 0.2) is 0 Å². The summed E-state index contributed by atoms with van der Waals surface area (Å²) in [6.45, 7) is 3.39. The van der Waals surface area contributed by atoms with Crippen LogP contribution in [-0.4, -0.2) is 43.1 Å². The van der Waals surface area contributed by atoms with Crippen LogP contribution in [0, 0.1) is 0 Å². The summed E-state index contributed by atoms with van der Waals surface area (Å²) >= 11 is 0. The third-order valence-electron chi connectivity index (χ3n) is 0.671. The third kappa shape index (κ3) is 75.2. The van der Waals surface area contributed by atoms with Crippen molar-refractivity contribution in [3.63, 3.8) is 0 Å². The minimum Gasteiger partial charge on any atom is -0.309 e. The van der Waals surface area contributed by atoms with Gasteiger partial charge in [0.05, 0.1) is 0 Å². The van der Waals surface area contributed by atoms with Gasteiger partial charge in [-0.15, -0.1) is 0 Å². The maximum Gasteiger partial charge on any atom is 0.394 e. The predicted molar refractivity (Wildman–Crippen MR) is 43.0 cm³/mol. The Morgan fingerprint density at radius 2 is 1.55 bits per heavy atom. The minimum atomic E-state index is -4.67. The summed E-state index contributed by atoms with van der Waals surface area (Å²) in [5.74, 6) is 0. The first-order valence-corrected chi connectivity index (χ1v) is 4.51. The molecule has 11 heavy (non-hydrogen) atoms. The summed E-state index contributed by atoms with van der Waals surface area (Å²) < 4.78 is 31.6. The molecule has 0 atom stereocenters. The summed E-state index contributed by atoms with van der Waals surface area (Å²) in [6, 6.07) is 0. The van der Waals surface area contributed by atoms with Gasteiger partial charge >= 0.3 is 10.4 Å². The SMILES string of the molecule is CCCN(C)C.O=S(=O)(O)O. The molecule has 0 bridgehead atoms. The predicted octanol–water partition coefficient (Wildman–Crippen LogP) is 0.305. The number of rotatable bonds is 2. The largest absolute Gasteiger partial charge is 0.394 e. The summed E-state index contributed by atoms with van der Waals surface area (Å²) in [4.78, 5) is 2.18. The second-order valence-corrected chi connectivity index (χ2v) is 3.15. The summed E-state index contributed by atoms with van der Waals surface area (Å²) in [5, 5.41) is 0. The van der Waals surface area contributed by atoms with Crippen molar-refractivity contribution in [3.8, 4) is 0 Å². The maximum atomic E-state index is 8.74. The lowest BCUT2D eigenvalue weighted by Gasteiger charge is -2.03. The molecule has 0 saturated heterocycles. The molecule has 0 saturated carbocycles. The molecular weight excluding hydrogens is 170 g/mol. The Morgan fingerprint density at radius 3 is 1.55 bits per heavy atom. The Labute approximate surface area is 67.6 Å². The zero-order valence-electron chi connectivity index (χ0n) is 6.98. The van der Waals surface area contributed by atoms with Gasteiger partial charge in [-0.1, -0.05) is 6.92 Å². The molecule has 0 unspecified atom stereocenters. The highest BCUT2D eigenvalue weighted by atomic mass is 32.3. The van der Waals surface area contributed by atoms with E-state index in [-0.39, 0.29) is 0 Å². The van der Waals surface area contributed by atoms with Crippen molar-refractivity contribution in [3.05, 3.63) is 0 Å². The summed E-state index contributed by atoms with van der Waals surface area (Å²) in [6.07, 6.45) is 1.26. The Balaban J connectivity index is 0. The van der Waals surface area contributed by atoms with E-state index in [1.807, 2.05) is 0 Å². The van der Waals surface area contributed by atoms with Crippen molar-refractivity contribution in [2.24, 2.45) is 0 Å². The van der Waals surface area contributed by atoms with Crippen LogP contribution in [0.2, 0.25) is 0 Å². The first-order chi connectivity index (χ1) is 4.77. The maximum absolute atomic E-state index is 8.74. The molecule has 0 aliphatic heterocycles. The normalized spacial score (nSPS) is 10.7. The van der Waals surface area contributed by atoms with Crippen LogP contribution in [0.4, 0.5) is 0 Å². The molecule has 6 heteroatoms. The lowest BCUT2D eigenvalue weighted by Crippen LogP contribution is -2.11. The van der Waals surface area contributed by atoms with Crippen molar-refractivity contribution >= 4 is 10.4 Å². The zero-order valence-corrected chi connectivity index (χ0v) is 7.80. The van der Waals surface area contributed by atoms with Crippen LogP contribution in [0.3, 0.4) is 0 Å². The molecule has 0 spiro atoms. The highest BCUT2D eigenvalue weighted by Crippen LogP contribution is 1.76. The molecule has 0 radical (unpaired) electrons. The summed E-state index contributed by atoms with van der Waals surface area (Å²) in [7, 11) is -0.493. The van der Waals surface area contributed by atoms with Gasteiger partial charge in [0.2, 0.25) is 0 Å². The van der Waals surface area contributed by atoms with E-state index in [1.165, 1.54) is 13.0 Å². The Kier molecular flexibility index (Phi) is 7.97. The van der Waals surface area contributed by atoms with Gasteiger partial charge in [0.1, 0.15) is 0 Å². The van der Waals surface area contributed by atoms with E-state index in [9.17, 15) is 0 Å². The van der Waals surface area contributed by atoms with Gasteiger partial charge in [0.15, 0.2) is 0 Å². The highest BCUT2D eigenvalue weighted by molar-refractivity contribution is 7.79. The Bertz CT molecular complexity index is 155. The second-order valence-electron chi connectivity index (χ2n) is 2.25. The fourth-order valence-corrected chi connectivity index (χ4v) is 0.447. The lowest BCUT2D eigenvalue weighted by atomic mass is 10.5. The molecular formula is C5H15NO4S. The smallest absolute Gasteiger partial charge is 0.309 e. The van der Waals surface area contributed by atoms with Crippen molar-refractivity contribution in [2.45, 2.75) is 13.3 Å². The van der Waals surface area contributed by atoms with E-state index < -0.39 is 10.4 Å². The molecule has 0 fully saturated rings. The van der Waals surface area contributed by atoms with Crippen molar-refractivity contribution in [2.75, 3.05) is 20.6 Å². The van der Waals surface area contributed by atoms with Crippen molar-refractivity contribution < 1.29 is 17.5 Å². The van der Waals surface area contributed by atoms with Crippen LogP contribution >= 0.6 is 0 Å². The zero-order chi connectivity index (χ0) is 9.49. The Morgan fingerprint density at radius 1 is 1.27 bits per heavy atom. The van der Waals surface area contributed by atoms with Gasteiger partial charge < -0.3 is 4.90 Å². The van der Waals surface area contributed by atoms with E-state index in [4.69, 9.17) is 17.5 Å². The van der Waals surface area contributed by atoms with E-state index in [0.29, 0.717) is 0 Å². The lowest BCUT2D eigenvalue weighted by molar-refractivity contribution is 0.381. The van der Waals surface area contributed by atoms with Gasteiger partial charge in [-0.2, -0.15) is 8.42 Å². The number of nitrogens with zero attached hydrogens (tertiary/aromatic N) is 1. The topological polar surface area (TPSA) is 77.8 Å². The van der Waals surface area contributed by atoms with E-state index in [1.54, 1.807) is 0 Å². The molecule has 0 amide bonds. The molecule has 0 aliphatic carbocycles. The van der Waals surface area contributed by atoms with Crippen LogP contribution in [0.25, 0.3) is 0 Å². The Hall–Kier alpha value is -0.170. The van der Waals surface area contributed by atoms with E-state index in [2.05, 4.69) is 25.9 Å². The standard InChI is InChI=1S/C5H13N.H2O4S/c1-4-5-6(2)3;1-5(2,3)4/h4-5H2,1-3H3;(H2,1,2,3,4). The fraction of sp³-hybridized carbons (Fsp3) is 1.00. The molecule has 0 aromatic carbocycles. The van der Waals surface area contributed by atoms with Crippen LogP contribution < -0.4 is 0 Å². The first kappa shape index (κ1) is 13.4. The van der Waals surface area contributed by atoms with Crippen LogP contribution in [-0.2, 0) is 10.4 Å². The van der Waals surface area contributed by atoms with Gasteiger partial charge in [0, 0.05) is 0 Å². The van der Waals surface area contributed by atoms with Crippen molar-refractivity contribution in [1.29, 1.82) is 0 Å². The van der Waals surface area contributed by atoms with Gasteiger partial charge in [-0.25, -0.2) is 0 Å². The molecule has 0 rings (SSSR count). The molecule has 0 aromatic heterocycles.